The minimum Gasteiger partial charge on any atom is -0.358 e. The largest absolute Gasteiger partial charge is 0.381 e. The Morgan fingerprint density at radius 2 is 1.94 bits per heavy atom. The van der Waals surface area contributed by atoms with Gasteiger partial charge in [-0.1, -0.05) is 48.5 Å². The summed E-state index contributed by atoms with van der Waals surface area (Å²) in [5.41, 5.74) is 4.25. The Morgan fingerprint density at radius 1 is 1.16 bits per heavy atom. The van der Waals surface area contributed by atoms with Crippen LogP contribution >= 0.6 is 0 Å². The molecule has 162 valence electrons. The van der Waals surface area contributed by atoms with Crippen LogP contribution in [0.4, 0.5) is 5.82 Å². The van der Waals surface area contributed by atoms with Crippen molar-refractivity contribution in [3.05, 3.63) is 101 Å². The van der Waals surface area contributed by atoms with Gasteiger partial charge >= 0.3 is 5.82 Å². The maximum atomic E-state index is 12.4. The van der Waals surface area contributed by atoms with E-state index in [4.69, 9.17) is 0 Å². The van der Waals surface area contributed by atoms with E-state index in [1.165, 1.54) is 16.3 Å². The van der Waals surface area contributed by atoms with E-state index in [9.17, 15) is 14.9 Å². The lowest BCUT2D eigenvalue weighted by Gasteiger charge is -2.12. The van der Waals surface area contributed by atoms with Crippen LogP contribution in [-0.2, 0) is 24.4 Å². The van der Waals surface area contributed by atoms with Crippen LogP contribution in [0.5, 0.6) is 0 Å². The van der Waals surface area contributed by atoms with E-state index in [1.54, 1.807) is 19.4 Å². The summed E-state index contributed by atoms with van der Waals surface area (Å²) < 4.78 is 3.48. The van der Waals surface area contributed by atoms with Crippen molar-refractivity contribution in [2.75, 3.05) is 0 Å². The molecule has 4 rings (SSSR count). The third kappa shape index (κ3) is 4.89. The van der Waals surface area contributed by atoms with Crippen molar-refractivity contribution in [1.82, 2.24) is 24.4 Å². The van der Waals surface area contributed by atoms with Crippen LogP contribution in [0.25, 0.3) is 11.1 Å². The number of aryl methyl sites for hydroxylation is 1. The Hall–Kier alpha value is -4.27. The fraction of sp³-hybridized carbons (Fsp3) is 0.174. The lowest BCUT2D eigenvalue weighted by atomic mass is 9.98. The number of nitrogens with zero attached hydrogens (tertiary/aromatic N) is 5. The third-order valence-corrected chi connectivity index (χ3v) is 5.15. The van der Waals surface area contributed by atoms with E-state index in [-0.39, 0.29) is 18.3 Å². The van der Waals surface area contributed by atoms with Crippen LogP contribution in [0.2, 0.25) is 0 Å². The first-order valence-corrected chi connectivity index (χ1v) is 10.1. The highest BCUT2D eigenvalue weighted by molar-refractivity contribution is 5.76. The molecular weight excluding hydrogens is 408 g/mol. The molecule has 0 saturated heterocycles. The molecule has 0 aliphatic rings. The monoisotopic (exact) mass is 430 g/mol. The Balaban J connectivity index is 1.42. The van der Waals surface area contributed by atoms with Gasteiger partial charge in [0.15, 0.2) is 0 Å². The fourth-order valence-corrected chi connectivity index (χ4v) is 3.48. The van der Waals surface area contributed by atoms with Crippen molar-refractivity contribution in [2.24, 2.45) is 0 Å². The van der Waals surface area contributed by atoms with Crippen molar-refractivity contribution in [3.63, 3.8) is 0 Å². The van der Waals surface area contributed by atoms with Gasteiger partial charge in [0.2, 0.25) is 11.7 Å². The topological polar surface area (TPSA) is 108 Å². The molecule has 4 aromatic rings. The molecule has 9 nitrogen and oxygen atoms in total. The molecule has 9 heteroatoms. The molecule has 2 aromatic heterocycles. The molecule has 0 radical (unpaired) electrons. The first kappa shape index (κ1) is 21.0. The van der Waals surface area contributed by atoms with Gasteiger partial charge in [-0.2, -0.15) is 0 Å². The lowest BCUT2D eigenvalue weighted by Crippen LogP contribution is -2.27. The first-order valence-electron chi connectivity index (χ1n) is 10.1. The predicted octanol–water partition coefficient (Wildman–Crippen LogP) is 3.33. The zero-order valence-corrected chi connectivity index (χ0v) is 17.5. The Morgan fingerprint density at radius 3 is 2.62 bits per heavy atom. The van der Waals surface area contributed by atoms with Crippen LogP contribution in [0.3, 0.4) is 0 Å². The molecule has 0 aliphatic carbocycles. The maximum Gasteiger partial charge on any atom is 0.381 e. The van der Waals surface area contributed by atoms with Gasteiger partial charge in [-0.3, -0.25) is 9.36 Å². The van der Waals surface area contributed by atoms with Crippen LogP contribution < -0.4 is 5.32 Å². The molecule has 1 N–H and O–H groups in total. The number of hydrogen-bond donors (Lipinski definition) is 1. The van der Waals surface area contributed by atoms with E-state index in [0.717, 1.165) is 23.2 Å². The number of carbonyl (C=O) groups excluding carboxylic acids is 1. The predicted molar refractivity (Wildman–Crippen MR) is 119 cm³/mol. The molecule has 2 heterocycles. The molecule has 0 aliphatic heterocycles. The van der Waals surface area contributed by atoms with Crippen molar-refractivity contribution < 1.29 is 9.72 Å². The highest BCUT2D eigenvalue weighted by atomic mass is 16.6. The van der Waals surface area contributed by atoms with Crippen molar-refractivity contribution >= 4 is 11.7 Å². The summed E-state index contributed by atoms with van der Waals surface area (Å²) >= 11 is 0. The summed E-state index contributed by atoms with van der Waals surface area (Å²) in [6.07, 6.45) is 6.74. The number of benzene rings is 2. The van der Waals surface area contributed by atoms with Crippen LogP contribution in [-0.4, -0.2) is 29.9 Å². The molecule has 2 aromatic carbocycles. The molecule has 1 amide bonds. The summed E-state index contributed by atoms with van der Waals surface area (Å²) in [4.78, 5) is 30.6. The Bertz CT molecular complexity index is 1230. The third-order valence-electron chi connectivity index (χ3n) is 5.15. The first-order chi connectivity index (χ1) is 15.5. The Labute approximate surface area is 184 Å². The van der Waals surface area contributed by atoms with Crippen LogP contribution in [0, 0.1) is 17.0 Å². The smallest absolute Gasteiger partial charge is 0.358 e. The van der Waals surface area contributed by atoms with Gasteiger partial charge in [-0.15, -0.1) is 0 Å². The average Bonchev–Trinajstić information content (AvgIpc) is 3.43. The SMILES string of the molecule is Cc1nc([N+](=O)[O-])cn1CC(=O)NCc1ccccc1-c1ccc(Cn2ccnc2)cc1. The Kier molecular flexibility index (Phi) is 6.07. The van der Waals surface area contributed by atoms with E-state index < -0.39 is 4.92 Å². The number of rotatable bonds is 8. The second-order valence-electron chi connectivity index (χ2n) is 7.40. The number of imidazole rings is 2. The standard InChI is InChI=1S/C23H22N6O3/c1-17-26-22(29(31)32)14-28(17)15-23(30)25-12-20-4-2-3-5-21(20)19-8-6-18(7-9-19)13-27-11-10-24-16-27/h2-11,14,16H,12-13,15H2,1H3,(H,25,30). The number of carbonyl (C=O) groups is 1. The van der Waals surface area contributed by atoms with Gasteiger partial charge in [-0.25, -0.2) is 4.98 Å². The summed E-state index contributed by atoms with van der Waals surface area (Å²) in [5, 5.41) is 13.8. The summed E-state index contributed by atoms with van der Waals surface area (Å²) in [6.45, 7) is 2.70. The fourth-order valence-electron chi connectivity index (χ4n) is 3.48. The summed E-state index contributed by atoms with van der Waals surface area (Å²) in [5.74, 6) is -0.0916. The van der Waals surface area contributed by atoms with Gasteiger partial charge < -0.3 is 20.0 Å². The van der Waals surface area contributed by atoms with E-state index in [1.807, 2.05) is 35.0 Å². The van der Waals surface area contributed by atoms with E-state index in [0.29, 0.717) is 12.4 Å². The minimum absolute atomic E-state index is 0.0300. The second kappa shape index (κ2) is 9.25. The normalized spacial score (nSPS) is 10.8. The van der Waals surface area contributed by atoms with E-state index in [2.05, 4.69) is 39.6 Å². The number of amides is 1. The van der Waals surface area contributed by atoms with Crippen LogP contribution in [0.15, 0.2) is 73.4 Å². The average molecular weight is 430 g/mol. The molecule has 0 atom stereocenters. The van der Waals surface area contributed by atoms with Gasteiger partial charge in [-0.05, 0) is 32.2 Å². The van der Waals surface area contributed by atoms with Gasteiger partial charge in [0.05, 0.1) is 6.33 Å². The summed E-state index contributed by atoms with van der Waals surface area (Å²) in [7, 11) is 0. The summed E-state index contributed by atoms with van der Waals surface area (Å²) in [6, 6.07) is 16.2. The van der Waals surface area contributed by atoms with Gasteiger partial charge in [0.1, 0.15) is 12.7 Å². The van der Waals surface area contributed by atoms with Crippen molar-refractivity contribution in [2.45, 2.75) is 26.6 Å². The highest BCUT2D eigenvalue weighted by Crippen LogP contribution is 2.24. The lowest BCUT2D eigenvalue weighted by molar-refractivity contribution is -0.389. The molecule has 0 bridgehead atoms. The number of nitro groups is 1. The van der Waals surface area contributed by atoms with Crippen molar-refractivity contribution in [3.8, 4) is 11.1 Å². The molecular formula is C23H22N6O3. The van der Waals surface area contributed by atoms with Gasteiger partial charge in [0, 0.05) is 32.4 Å². The highest BCUT2D eigenvalue weighted by Gasteiger charge is 2.17. The molecule has 0 spiro atoms. The van der Waals surface area contributed by atoms with Crippen molar-refractivity contribution in [1.29, 1.82) is 0 Å². The quantitative estimate of drug-likeness (QED) is 0.341. The van der Waals surface area contributed by atoms with E-state index >= 15 is 0 Å². The molecule has 32 heavy (non-hydrogen) atoms. The molecule has 0 fully saturated rings. The van der Waals surface area contributed by atoms with Crippen LogP contribution in [0.1, 0.15) is 17.0 Å². The molecule has 0 saturated carbocycles. The maximum absolute atomic E-state index is 12.4. The zero-order chi connectivity index (χ0) is 22.5. The zero-order valence-electron chi connectivity index (χ0n) is 17.5. The second-order valence-corrected chi connectivity index (χ2v) is 7.40. The number of nitrogens with one attached hydrogen (secondary N) is 1. The minimum atomic E-state index is -0.571. The number of hydrogen-bond acceptors (Lipinski definition) is 5. The van der Waals surface area contributed by atoms with Gasteiger partial charge in [0.25, 0.3) is 0 Å². The number of aromatic nitrogens is 4. The molecule has 0 unspecified atom stereocenters.